The number of hydrogen-bond donors (Lipinski definition) is 2. The van der Waals surface area contributed by atoms with Gasteiger partial charge in [0.2, 0.25) is 6.79 Å². The van der Waals surface area contributed by atoms with E-state index >= 15 is 0 Å². The fourth-order valence-corrected chi connectivity index (χ4v) is 3.27. The van der Waals surface area contributed by atoms with Crippen LogP contribution in [0.25, 0.3) is 5.69 Å². The SMILES string of the molecule is CCNC(=NCc1cc2c(cc1OC(F)F)OCO2)NCc1ccccc1-n1cccn1. The second-order valence-electron chi connectivity index (χ2n) is 6.82. The summed E-state index contributed by atoms with van der Waals surface area (Å²) in [5.41, 5.74) is 2.43. The third kappa shape index (κ3) is 5.08. The van der Waals surface area contributed by atoms with E-state index < -0.39 is 6.61 Å². The lowest BCUT2D eigenvalue weighted by molar-refractivity contribution is -0.0505. The molecule has 2 aromatic carbocycles. The van der Waals surface area contributed by atoms with Crippen LogP contribution < -0.4 is 24.8 Å². The van der Waals surface area contributed by atoms with Crippen LogP contribution >= 0.6 is 0 Å². The predicted octanol–water partition coefficient (Wildman–Crippen LogP) is 3.46. The zero-order chi connectivity index (χ0) is 22.3. The van der Waals surface area contributed by atoms with E-state index in [0.717, 1.165) is 11.3 Å². The minimum atomic E-state index is -2.96. The number of alkyl halides is 2. The lowest BCUT2D eigenvalue weighted by Crippen LogP contribution is -2.37. The molecule has 8 nitrogen and oxygen atoms in total. The van der Waals surface area contributed by atoms with Crippen LogP contribution in [0.2, 0.25) is 0 Å². The van der Waals surface area contributed by atoms with Gasteiger partial charge in [0.05, 0.1) is 12.2 Å². The van der Waals surface area contributed by atoms with E-state index in [0.29, 0.717) is 36.1 Å². The summed E-state index contributed by atoms with van der Waals surface area (Å²) in [5, 5.41) is 10.7. The maximum absolute atomic E-state index is 12.9. The molecule has 0 atom stereocenters. The zero-order valence-corrected chi connectivity index (χ0v) is 17.4. The molecule has 2 N–H and O–H groups in total. The summed E-state index contributed by atoms with van der Waals surface area (Å²) < 4.78 is 42.8. The summed E-state index contributed by atoms with van der Waals surface area (Å²) in [7, 11) is 0. The third-order valence-electron chi connectivity index (χ3n) is 4.71. The van der Waals surface area contributed by atoms with Gasteiger partial charge in [-0.25, -0.2) is 9.67 Å². The van der Waals surface area contributed by atoms with E-state index in [2.05, 4.69) is 25.5 Å². The number of aliphatic imine (C=N–C) groups is 1. The van der Waals surface area contributed by atoms with Gasteiger partial charge in [-0.1, -0.05) is 18.2 Å². The number of ether oxygens (including phenoxy) is 3. The Morgan fingerprint density at radius 3 is 2.72 bits per heavy atom. The van der Waals surface area contributed by atoms with Gasteiger partial charge in [-0.15, -0.1) is 0 Å². The van der Waals surface area contributed by atoms with Gasteiger partial charge in [0.15, 0.2) is 17.5 Å². The largest absolute Gasteiger partial charge is 0.454 e. The molecule has 32 heavy (non-hydrogen) atoms. The zero-order valence-electron chi connectivity index (χ0n) is 17.4. The summed E-state index contributed by atoms with van der Waals surface area (Å²) in [6.07, 6.45) is 3.60. The molecular formula is C22H23F2N5O3. The number of aromatic nitrogens is 2. The minimum Gasteiger partial charge on any atom is -0.454 e. The molecule has 1 aliphatic heterocycles. The Kier molecular flexibility index (Phi) is 6.69. The molecular weight excluding hydrogens is 420 g/mol. The standard InChI is InChI=1S/C22H23F2N5O3/c1-2-25-22(26-12-15-6-3-4-7-17(15)29-9-5-8-28-29)27-13-16-10-19-20(31-14-30-19)11-18(16)32-21(23)24/h3-11,21H,2,12-14H2,1H3,(H2,25,26,27). The van der Waals surface area contributed by atoms with Crippen LogP contribution in [0.4, 0.5) is 8.78 Å². The molecule has 0 saturated carbocycles. The van der Waals surface area contributed by atoms with Crippen LogP contribution in [0.3, 0.4) is 0 Å². The van der Waals surface area contributed by atoms with Crippen LogP contribution in [0, 0.1) is 0 Å². The summed E-state index contributed by atoms with van der Waals surface area (Å²) >= 11 is 0. The summed E-state index contributed by atoms with van der Waals surface area (Å²) in [6.45, 7) is 0.256. The van der Waals surface area contributed by atoms with Crippen molar-refractivity contribution in [2.75, 3.05) is 13.3 Å². The molecule has 0 amide bonds. The van der Waals surface area contributed by atoms with Crippen molar-refractivity contribution in [2.45, 2.75) is 26.6 Å². The molecule has 0 aliphatic carbocycles. The minimum absolute atomic E-state index is 0.00729. The number of hydrogen-bond acceptors (Lipinski definition) is 5. The van der Waals surface area contributed by atoms with Crippen LogP contribution in [0.1, 0.15) is 18.1 Å². The van der Waals surface area contributed by atoms with E-state index in [-0.39, 0.29) is 19.1 Å². The second-order valence-corrected chi connectivity index (χ2v) is 6.82. The van der Waals surface area contributed by atoms with Crippen LogP contribution in [0.15, 0.2) is 59.9 Å². The van der Waals surface area contributed by atoms with Crippen molar-refractivity contribution in [3.8, 4) is 22.9 Å². The fourth-order valence-electron chi connectivity index (χ4n) is 3.27. The lowest BCUT2D eigenvalue weighted by Gasteiger charge is -2.15. The molecule has 3 aromatic rings. The van der Waals surface area contributed by atoms with Crippen LogP contribution in [-0.2, 0) is 13.1 Å². The van der Waals surface area contributed by atoms with E-state index in [1.165, 1.54) is 6.07 Å². The van der Waals surface area contributed by atoms with Gasteiger partial charge in [0.25, 0.3) is 0 Å². The number of guanidine groups is 1. The Hall–Kier alpha value is -3.82. The van der Waals surface area contributed by atoms with E-state index in [1.807, 2.05) is 43.5 Å². The van der Waals surface area contributed by atoms with E-state index in [9.17, 15) is 8.78 Å². The molecule has 0 saturated heterocycles. The van der Waals surface area contributed by atoms with Gasteiger partial charge in [0.1, 0.15) is 5.75 Å². The first kappa shape index (κ1) is 21.4. The van der Waals surface area contributed by atoms with Gasteiger partial charge in [0, 0.05) is 37.1 Å². The number of fused-ring (bicyclic) bond motifs is 1. The van der Waals surface area contributed by atoms with Crippen molar-refractivity contribution in [2.24, 2.45) is 4.99 Å². The Morgan fingerprint density at radius 2 is 1.97 bits per heavy atom. The van der Waals surface area contributed by atoms with Crippen molar-refractivity contribution in [1.29, 1.82) is 0 Å². The number of rotatable bonds is 8. The molecule has 10 heteroatoms. The number of halogens is 2. The Morgan fingerprint density at radius 1 is 1.16 bits per heavy atom. The molecule has 168 valence electrons. The average molecular weight is 443 g/mol. The van der Waals surface area contributed by atoms with Gasteiger partial charge >= 0.3 is 6.61 Å². The number of benzene rings is 2. The van der Waals surface area contributed by atoms with E-state index in [4.69, 9.17) is 9.47 Å². The maximum atomic E-state index is 12.9. The first-order chi connectivity index (χ1) is 15.6. The highest BCUT2D eigenvalue weighted by Crippen LogP contribution is 2.39. The second kappa shape index (κ2) is 9.99. The Bertz CT molecular complexity index is 1070. The topological polar surface area (TPSA) is 81.9 Å². The molecule has 0 bridgehead atoms. The normalized spacial score (nSPS) is 12.8. The van der Waals surface area contributed by atoms with Crippen molar-refractivity contribution in [3.63, 3.8) is 0 Å². The predicted molar refractivity (Wildman–Crippen MR) is 114 cm³/mol. The first-order valence-corrected chi connectivity index (χ1v) is 10.1. The van der Waals surface area contributed by atoms with Crippen molar-refractivity contribution in [1.82, 2.24) is 20.4 Å². The monoisotopic (exact) mass is 443 g/mol. The smallest absolute Gasteiger partial charge is 0.387 e. The molecule has 2 heterocycles. The van der Waals surface area contributed by atoms with Gasteiger partial charge in [-0.2, -0.15) is 13.9 Å². The molecule has 0 fully saturated rings. The quantitative estimate of drug-likeness (QED) is 0.410. The third-order valence-corrected chi connectivity index (χ3v) is 4.71. The van der Waals surface area contributed by atoms with Crippen molar-refractivity contribution >= 4 is 5.96 Å². The molecule has 0 spiro atoms. The van der Waals surface area contributed by atoms with Gasteiger partial charge in [-0.3, -0.25) is 0 Å². The molecule has 0 radical (unpaired) electrons. The molecule has 1 aromatic heterocycles. The summed E-state index contributed by atoms with van der Waals surface area (Å²) in [4.78, 5) is 4.54. The molecule has 4 rings (SSSR count). The lowest BCUT2D eigenvalue weighted by atomic mass is 10.1. The molecule has 1 aliphatic rings. The highest BCUT2D eigenvalue weighted by atomic mass is 19.3. The summed E-state index contributed by atoms with van der Waals surface area (Å²) in [6, 6.07) is 12.8. The fraction of sp³-hybridized carbons (Fsp3) is 0.273. The van der Waals surface area contributed by atoms with Crippen molar-refractivity contribution < 1.29 is 23.0 Å². The molecule has 0 unspecified atom stereocenters. The van der Waals surface area contributed by atoms with E-state index in [1.54, 1.807) is 16.9 Å². The number of para-hydroxylation sites is 1. The van der Waals surface area contributed by atoms with Crippen LogP contribution in [0.5, 0.6) is 17.2 Å². The average Bonchev–Trinajstić information content (AvgIpc) is 3.47. The van der Waals surface area contributed by atoms with Crippen LogP contribution in [-0.4, -0.2) is 35.7 Å². The highest BCUT2D eigenvalue weighted by molar-refractivity contribution is 5.80. The summed E-state index contributed by atoms with van der Waals surface area (Å²) in [5.74, 6) is 1.38. The van der Waals surface area contributed by atoms with Crippen molar-refractivity contribution in [3.05, 3.63) is 66.0 Å². The number of nitrogens with one attached hydrogen (secondary N) is 2. The van der Waals surface area contributed by atoms with Gasteiger partial charge < -0.3 is 24.8 Å². The number of nitrogens with zero attached hydrogens (tertiary/aromatic N) is 3. The van der Waals surface area contributed by atoms with Gasteiger partial charge in [-0.05, 0) is 30.7 Å². The Labute approximate surface area is 183 Å². The Balaban J connectivity index is 1.51. The first-order valence-electron chi connectivity index (χ1n) is 10.1. The highest BCUT2D eigenvalue weighted by Gasteiger charge is 2.20. The maximum Gasteiger partial charge on any atom is 0.387 e.